The summed E-state index contributed by atoms with van der Waals surface area (Å²) >= 11 is 6.64. The molecule has 0 spiro atoms. The molecular formula is C33H26ClN3. The first kappa shape index (κ1) is 23.2. The molecule has 0 bridgehead atoms. The Morgan fingerprint density at radius 1 is 0.568 bits per heavy atom. The van der Waals surface area contributed by atoms with E-state index in [-0.39, 0.29) is 0 Å². The van der Waals surface area contributed by atoms with E-state index in [2.05, 4.69) is 66.0 Å². The van der Waals surface area contributed by atoms with Crippen molar-refractivity contribution in [2.75, 3.05) is 6.54 Å². The van der Waals surface area contributed by atoms with Gasteiger partial charge >= 0.3 is 0 Å². The Hall–Kier alpha value is -4.21. The third-order valence-electron chi connectivity index (χ3n) is 6.60. The van der Waals surface area contributed by atoms with E-state index in [0.29, 0.717) is 10.8 Å². The first-order valence-corrected chi connectivity index (χ1v) is 13.0. The fourth-order valence-electron chi connectivity index (χ4n) is 4.68. The maximum absolute atomic E-state index is 6.64. The Balaban J connectivity index is 1.42. The highest BCUT2D eigenvalue weighted by Gasteiger charge is 2.13. The quantitative estimate of drug-likeness (QED) is 0.263. The smallest absolute Gasteiger partial charge is 0.160 e. The van der Waals surface area contributed by atoms with Crippen LogP contribution in [-0.2, 0) is 0 Å². The molecule has 2 heterocycles. The molecule has 0 aliphatic carbocycles. The van der Waals surface area contributed by atoms with Gasteiger partial charge in [0.25, 0.3) is 0 Å². The Morgan fingerprint density at radius 3 is 1.76 bits per heavy atom. The molecule has 6 rings (SSSR count). The molecule has 0 saturated carbocycles. The number of allylic oxidation sites excluding steroid dienone is 1. The molecule has 37 heavy (non-hydrogen) atoms. The van der Waals surface area contributed by atoms with Crippen LogP contribution in [0, 0.1) is 0 Å². The summed E-state index contributed by atoms with van der Waals surface area (Å²) in [7, 11) is 0. The van der Waals surface area contributed by atoms with E-state index in [1.807, 2.05) is 54.6 Å². The number of nitrogens with one attached hydrogen (secondary N) is 1. The van der Waals surface area contributed by atoms with E-state index in [1.54, 1.807) is 0 Å². The van der Waals surface area contributed by atoms with Crippen LogP contribution in [0.25, 0.3) is 50.7 Å². The van der Waals surface area contributed by atoms with Crippen LogP contribution in [0.1, 0.15) is 18.4 Å². The number of hydrogen-bond acceptors (Lipinski definition) is 3. The molecule has 0 amide bonds. The normalized spacial score (nSPS) is 13.1. The van der Waals surface area contributed by atoms with E-state index < -0.39 is 0 Å². The predicted molar refractivity (Wildman–Crippen MR) is 154 cm³/mol. The second-order valence-corrected chi connectivity index (χ2v) is 9.62. The highest BCUT2D eigenvalue weighted by Crippen LogP contribution is 2.32. The van der Waals surface area contributed by atoms with Crippen LogP contribution in [0.5, 0.6) is 0 Å². The summed E-state index contributed by atoms with van der Waals surface area (Å²) in [6.07, 6.45) is 4.58. The van der Waals surface area contributed by atoms with Gasteiger partial charge < -0.3 is 5.32 Å². The first-order valence-electron chi connectivity index (χ1n) is 12.6. The Morgan fingerprint density at radius 2 is 1.16 bits per heavy atom. The van der Waals surface area contributed by atoms with Gasteiger partial charge in [-0.05, 0) is 53.8 Å². The fraction of sp³-hybridized carbons (Fsp3) is 0.0909. The zero-order chi connectivity index (χ0) is 25.0. The average Bonchev–Trinajstić information content (AvgIpc) is 2.98. The van der Waals surface area contributed by atoms with Crippen molar-refractivity contribution in [3.63, 3.8) is 0 Å². The van der Waals surface area contributed by atoms with Gasteiger partial charge in [0.2, 0.25) is 0 Å². The molecule has 0 saturated heterocycles. The Labute approximate surface area is 222 Å². The van der Waals surface area contributed by atoms with Crippen molar-refractivity contribution in [3.05, 3.63) is 126 Å². The number of aromatic nitrogens is 2. The summed E-state index contributed by atoms with van der Waals surface area (Å²) in [4.78, 5) is 9.93. The Kier molecular flexibility index (Phi) is 6.53. The van der Waals surface area contributed by atoms with Crippen LogP contribution in [0.4, 0.5) is 0 Å². The molecule has 180 valence electrons. The maximum Gasteiger partial charge on any atom is 0.160 e. The first-order chi connectivity index (χ1) is 18.2. The van der Waals surface area contributed by atoms with Gasteiger partial charge in [-0.2, -0.15) is 0 Å². The zero-order valence-electron chi connectivity index (χ0n) is 20.4. The van der Waals surface area contributed by atoms with Crippen molar-refractivity contribution in [1.82, 2.24) is 15.3 Å². The van der Waals surface area contributed by atoms with Crippen LogP contribution < -0.4 is 5.32 Å². The SMILES string of the molecule is Clc1cc(-c2ccc(C3=CCCCN3)cc2)cc(-c2nc(-c3ccccc3)cc(-c3ccccc3)n2)c1. The van der Waals surface area contributed by atoms with Crippen molar-refractivity contribution in [1.29, 1.82) is 0 Å². The van der Waals surface area contributed by atoms with E-state index in [0.717, 1.165) is 52.2 Å². The molecule has 1 N–H and O–H groups in total. The monoisotopic (exact) mass is 499 g/mol. The summed E-state index contributed by atoms with van der Waals surface area (Å²) < 4.78 is 0. The number of hydrogen-bond donors (Lipinski definition) is 1. The average molecular weight is 500 g/mol. The lowest BCUT2D eigenvalue weighted by Crippen LogP contribution is -2.17. The number of benzene rings is 4. The van der Waals surface area contributed by atoms with Crippen LogP contribution >= 0.6 is 11.6 Å². The standard InChI is InChI=1S/C33H26ClN3/c34-29-20-27(23-14-16-26(17-15-23)30-13-7-8-18-35-30)19-28(21-29)33-36-31(24-9-3-1-4-10-24)22-32(37-33)25-11-5-2-6-12-25/h1-6,9-17,19-22,35H,7-8,18H2. The maximum atomic E-state index is 6.64. The lowest BCUT2D eigenvalue weighted by atomic mass is 9.99. The van der Waals surface area contributed by atoms with Gasteiger partial charge in [-0.1, -0.05) is 103 Å². The second kappa shape index (κ2) is 10.4. The van der Waals surface area contributed by atoms with Crippen molar-refractivity contribution in [2.45, 2.75) is 12.8 Å². The van der Waals surface area contributed by atoms with Crippen LogP contribution in [0.3, 0.4) is 0 Å². The molecule has 0 unspecified atom stereocenters. The van der Waals surface area contributed by atoms with Crippen LogP contribution in [0.2, 0.25) is 5.02 Å². The van der Waals surface area contributed by atoms with Gasteiger partial charge in [-0.3, -0.25) is 0 Å². The van der Waals surface area contributed by atoms with Gasteiger partial charge in [-0.25, -0.2) is 9.97 Å². The molecule has 4 heteroatoms. The van der Waals surface area contributed by atoms with E-state index in [9.17, 15) is 0 Å². The highest BCUT2D eigenvalue weighted by molar-refractivity contribution is 6.31. The van der Waals surface area contributed by atoms with Crippen molar-refractivity contribution < 1.29 is 0 Å². The molecule has 1 aliphatic heterocycles. The summed E-state index contributed by atoms with van der Waals surface area (Å²) in [5.74, 6) is 0.650. The highest BCUT2D eigenvalue weighted by atomic mass is 35.5. The Bertz CT molecular complexity index is 1500. The van der Waals surface area contributed by atoms with Crippen LogP contribution in [-0.4, -0.2) is 16.5 Å². The predicted octanol–water partition coefficient (Wildman–Crippen LogP) is 8.52. The van der Waals surface area contributed by atoms with Gasteiger partial charge in [0.05, 0.1) is 11.4 Å². The fourth-order valence-corrected chi connectivity index (χ4v) is 4.92. The van der Waals surface area contributed by atoms with Crippen molar-refractivity contribution in [2.24, 2.45) is 0 Å². The molecule has 1 aromatic heterocycles. The van der Waals surface area contributed by atoms with Gasteiger partial charge in [-0.15, -0.1) is 0 Å². The molecule has 0 radical (unpaired) electrons. The van der Waals surface area contributed by atoms with E-state index in [4.69, 9.17) is 21.6 Å². The topological polar surface area (TPSA) is 37.8 Å². The van der Waals surface area contributed by atoms with E-state index >= 15 is 0 Å². The van der Waals surface area contributed by atoms with Gasteiger partial charge in [0, 0.05) is 34.0 Å². The molecule has 5 aromatic rings. The largest absolute Gasteiger partial charge is 0.385 e. The number of rotatable bonds is 5. The van der Waals surface area contributed by atoms with Gasteiger partial charge in [0.1, 0.15) is 0 Å². The molecule has 0 fully saturated rings. The van der Waals surface area contributed by atoms with Crippen LogP contribution in [0.15, 0.2) is 115 Å². The number of nitrogens with zero attached hydrogens (tertiary/aromatic N) is 2. The molecule has 4 aromatic carbocycles. The van der Waals surface area contributed by atoms with E-state index in [1.165, 1.54) is 17.7 Å². The summed E-state index contributed by atoms with van der Waals surface area (Å²) in [6, 6.07) is 37.2. The second-order valence-electron chi connectivity index (χ2n) is 9.19. The summed E-state index contributed by atoms with van der Waals surface area (Å²) in [5.41, 5.74) is 9.30. The molecular weight excluding hydrogens is 474 g/mol. The molecule has 1 aliphatic rings. The van der Waals surface area contributed by atoms with Crippen molar-refractivity contribution >= 4 is 17.3 Å². The minimum absolute atomic E-state index is 0.650. The minimum Gasteiger partial charge on any atom is -0.385 e. The lowest BCUT2D eigenvalue weighted by molar-refractivity contribution is 0.743. The minimum atomic E-state index is 0.650. The molecule has 0 atom stereocenters. The third kappa shape index (κ3) is 5.18. The summed E-state index contributed by atoms with van der Waals surface area (Å²) in [5, 5.41) is 4.15. The zero-order valence-corrected chi connectivity index (χ0v) is 21.1. The van der Waals surface area contributed by atoms with Crippen molar-refractivity contribution in [3.8, 4) is 45.0 Å². The molecule has 3 nitrogen and oxygen atoms in total. The number of halogens is 1. The van der Waals surface area contributed by atoms with Gasteiger partial charge in [0.15, 0.2) is 5.82 Å². The lowest BCUT2D eigenvalue weighted by Gasteiger charge is -2.16. The summed E-state index contributed by atoms with van der Waals surface area (Å²) in [6.45, 7) is 1.03. The third-order valence-corrected chi connectivity index (χ3v) is 6.81.